The molecule has 0 aliphatic carbocycles. The number of aromatic nitrogens is 2. The molecule has 0 unspecified atom stereocenters. The third-order valence-corrected chi connectivity index (χ3v) is 4.34. The SMILES string of the molecule is Cc1cc(Nc2ccccc2C(C)C)nc(NCCc2ccccc2F)n1. The summed E-state index contributed by atoms with van der Waals surface area (Å²) in [6.07, 6.45) is 0.572. The number of aryl methyl sites for hydroxylation is 1. The van der Waals surface area contributed by atoms with Gasteiger partial charge in [0.1, 0.15) is 11.6 Å². The molecule has 0 fully saturated rings. The molecule has 3 rings (SSSR count). The summed E-state index contributed by atoms with van der Waals surface area (Å²) in [6, 6.07) is 17.0. The molecule has 5 heteroatoms. The van der Waals surface area contributed by atoms with Crippen molar-refractivity contribution in [3.63, 3.8) is 0 Å². The molecule has 1 heterocycles. The van der Waals surface area contributed by atoms with Crippen molar-refractivity contribution in [2.75, 3.05) is 17.2 Å². The Balaban J connectivity index is 1.70. The standard InChI is InChI=1S/C22H25FN4/c1-15(2)18-9-5-7-11-20(18)26-21-14-16(3)25-22(27-21)24-13-12-17-8-4-6-10-19(17)23/h4-11,14-15H,12-13H2,1-3H3,(H2,24,25,26,27). The zero-order valence-electron chi connectivity index (χ0n) is 16.0. The fourth-order valence-electron chi connectivity index (χ4n) is 2.97. The second kappa shape index (κ2) is 8.62. The fraction of sp³-hybridized carbons (Fsp3) is 0.273. The van der Waals surface area contributed by atoms with Gasteiger partial charge in [-0.15, -0.1) is 0 Å². The maximum atomic E-state index is 13.7. The third kappa shape index (κ3) is 5.03. The molecule has 0 atom stereocenters. The number of hydrogen-bond acceptors (Lipinski definition) is 4. The van der Waals surface area contributed by atoms with E-state index in [0.29, 0.717) is 30.4 Å². The van der Waals surface area contributed by atoms with Crippen molar-refractivity contribution in [2.24, 2.45) is 0 Å². The second-order valence-electron chi connectivity index (χ2n) is 6.85. The van der Waals surface area contributed by atoms with Gasteiger partial charge in [0.05, 0.1) is 0 Å². The van der Waals surface area contributed by atoms with Gasteiger partial charge in [0.15, 0.2) is 0 Å². The van der Waals surface area contributed by atoms with Crippen molar-refractivity contribution in [3.8, 4) is 0 Å². The Kier molecular flexibility index (Phi) is 6.01. The van der Waals surface area contributed by atoms with E-state index in [-0.39, 0.29) is 5.82 Å². The minimum absolute atomic E-state index is 0.183. The zero-order chi connectivity index (χ0) is 19.2. The van der Waals surface area contributed by atoms with Crippen LogP contribution in [-0.2, 0) is 6.42 Å². The molecule has 0 saturated carbocycles. The lowest BCUT2D eigenvalue weighted by Gasteiger charge is -2.15. The van der Waals surface area contributed by atoms with Gasteiger partial charge in [-0.3, -0.25) is 0 Å². The predicted octanol–water partition coefficient (Wildman–Crippen LogP) is 5.45. The van der Waals surface area contributed by atoms with E-state index in [1.807, 2.05) is 31.2 Å². The van der Waals surface area contributed by atoms with Gasteiger partial charge in [-0.1, -0.05) is 50.2 Å². The summed E-state index contributed by atoms with van der Waals surface area (Å²) in [5.41, 5.74) is 3.83. The van der Waals surface area contributed by atoms with E-state index in [1.165, 1.54) is 11.6 Å². The molecule has 0 saturated heterocycles. The van der Waals surface area contributed by atoms with Crippen LogP contribution in [0.15, 0.2) is 54.6 Å². The van der Waals surface area contributed by atoms with E-state index in [2.05, 4.69) is 46.6 Å². The Bertz CT molecular complexity index is 908. The predicted molar refractivity (Wildman–Crippen MR) is 109 cm³/mol. The number of anilines is 3. The fourth-order valence-corrected chi connectivity index (χ4v) is 2.97. The number of halogens is 1. The van der Waals surface area contributed by atoms with Gasteiger partial charge in [-0.25, -0.2) is 9.37 Å². The maximum absolute atomic E-state index is 13.7. The van der Waals surface area contributed by atoms with Crippen LogP contribution in [0.4, 0.5) is 21.8 Å². The first-order valence-electron chi connectivity index (χ1n) is 9.22. The number of nitrogens with one attached hydrogen (secondary N) is 2. The highest BCUT2D eigenvalue weighted by Gasteiger charge is 2.08. The lowest BCUT2D eigenvalue weighted by molar-refractivity contribution is 0.610. The van der Waals surface area contributed by atoms with Crippen LogP contribution in [-0.4, -0.2) is 16.5 Å². The molecule has 2 N–H and O–H groups in total. The lowest BCUT2D eigenvalue weighted by atomic mass is 10.0. The molecule has 0 spiro atoms. The van der Waals surface area contributed by atoms with Crippen molar-refractivity contribution >= 4 is 17.5 Å². The summed E-state index contributed by atoms with van der Waals surface area (Å²) in [6.45, 7) is 6.83. The van der Waals surface area contributed by atoms with Gasteiger partial charge in [-0.05, 0) is 42.5 Å². The molecule has 0 amide bonds. The van der Waals surface area contributed by atoms with Gasteiger partial charge in [0, 0.05) is 24.0 Å². The molecule has 3 aromatic rings. The zero-order valence-corrected chi connectivity index (χ0v) is 16.0. The van der Waals surface area contributed by atoms with Crippen LogP contribution >= 0.6 is 0 Å². The number of para-hydroxylation sites is 1. The van der Waals surface area contributed by atoms with E-state index in [9.17, 15) is 4.39 Å². The highest BCUT2D eigenvalue weighted by molar-refractivity contribution is 5.62. The molecule has 140 valence electrons. The first-order chi connectivity index (χ1) is 13.0. The Labute approximate surface area is 159 Å². The second-order valence-corrected chi connectivity index (χ2v) is 6.85. The van der Waals surface area contributed by atoms with Gasteiger partial charge >= 0.3 is 0 Å². The van der Waals surface area contributed by atoms with Gasteiger partial charge < -0.3 is 10.6 Å². The van der Waals surface area contributed by atoms with Gasteiger partial charge in [0.2, 0.25) is 5.95 Å². The summed E-state index contributed by atoms with van der Waals surface area (Å²) >= 11 is 0. The van der Waals surface area contributed by atoms with Crippen LogP contribution in [0.2, 0.25) is 0 Å². The first-order valence-corrected chi connectivity index (χ1v) is 9.22. The van der Waals surface area contributed by atoms with E-state index in [1.54, 1.807) is 12.1 Å². The van der Waals surface area contributed by atoms with Crippen LogP contribution in [0.3, 0.4) is 0 Å². The highest BCUT2D eigenvalue weighted by Crippen LogP contribution is 2.26. The van der Waals surface area contributed by atoms with E-state index in [4.69, 9.17) is 0 Å². The summed E-state index contributed by atoms with van der Waals surface area (Å²) in [5.74, 6) is 1.51. The monoisotopic (exact) mass is 364 g/mol. The summed E-state index contributed by atoms with van der Waals surface area (Å²) in [4.78, 5) is 8.99. The van der Waals surface area contributed by atoms with Crippen LogP contribution in [0.1, 0.15) is 36.6 Å². The van der Waals surface area contributed by atoms with Crippen molar-refractivity contribution in [3.05, 3.63) is 77.2 Å². The maximum Gasteiger partial charge on any atom is 0.224 e. The minimum Gasteiger partial charge on any atom is -0.354 e. The molecular weight excluding hydrogens is 339 g/mol. The number of nitrogens with zero attached hydrogens (tertiary/aromatic N) is 2. The summed E-state index contributed by atoms with van der Waals surface area (Å²) in [7, 11) is 0. The molecule has 2 aromatic carbocycles. The molecule has 27 heavy (non-hydrogen) atoms. The van der Waals surface area contributed by atoms with E-state index >= 15 is 0 Å². The Morgan fingerprint density at radius 1 is 1.00 bits per heavy atom. The number of rotatable bonds is 7. The highest BCUT2D eigenvalue weighted by atomic mass is 19.1. The molecule has 0 aliphatic rings. The molecular formula is C22H25FN4. The smallest absolute Gasteiger partial charge is 0.224 e. The molecule has 4 nitrogen and oxygen atoms in total. The van der Waals surface area contributed by atoms with Crippen molar-refractivity contribution in [2.45, 2.75) is 33.1 Å². The largest absolute Gasteiger partial charge is 0.354 e. The van der Waals surface area contributed by atoms with Gasteiger partial charge in [-0.2, -0.15) is 4.98 Å². The quantitative estimate of drug-likeness (QED) is 0.586. The van der Waals surface area contributed by atoms with Gasteiger partial charge in [0.25, 0.3) is 0 Å². The number of benzene rings is 2. The minimum atomic E-state index is -0.183. The van der Waals surface area contributed by atoms with E-state index in [0.717, 1.165) is 17.2 Å². The lowest BCUT2D eigenvalue weighted by Crippen LogP contribution is -2.10. The number of hydrogen-bond donors (Lipinski definition) is 2. The molecule has 1 aromatic heterocycles. The topological polar surface area (TPSA) is 49.8 Å². The molecule has 0 bridgehead atoms. The first kappa shape index (κ1) is 18.8. The molecule has 0 aliphatic heterocycles. The van der Waals surface area contributed by atoms with Crippen LogP contribution in [0, 0.1) is 12.7 Å². The van der Waals surface area contributed by atoms with Crippen LogP contribution in [0.25, 0.3) is 0 Å². The van der Waals surface area contributed by atoms with E-state index < -0.39 is 0 Å². The van der Waals surface area contributed by atoms with Crippen LogP contribution in [0.5, 0.6) is 0 Å². The van der Waals surface area contributed by atoms with Crippen molar-refractivity contribution in [1.29, 1.82) is 0 Å². The normalized spacial score (nSPS) is 10.9. The Hall–Kier alpha value is -2.95. The summed E-state index contributed by atoms with van der Waals surface area (Å²) < 4.78 is 13.7. The molecule has 0 radical (unpaired) electrons. The van der Waals surface area contributed by atoms with Crippen molar-refractivity contribution in [1.82, 2.24) is 9.97 Å². The Morgan fingerprint density at radius 3 is 2.52 bits per heavy atom. The third-order valence-electron chi connectivity index (χ3n) is 4.34. The summed E-state index contributed by atoms with van der Waals surface area (Å²) in [5, 5.41) is 6.60. The van der Waals surface area contributed by atoms with Crippen LogP contribution < -0.4 is 10.6 Å². The average Bonchev–Trinajstić information content (AvgIpc) is 2.63. The van der Waals surface area contributed by atoms with Crippen molar-refractivity contribution < 1.29 is 4.39 Å². The Morgan fingerprint density at radius 2 is 1.74 bits per heavy atom. The average molecular weight is 364 g/mol.